The number of halogens is 3. The van der Waals surface area contributed by atoms with Crippen molar-refractivity contribution in [3.8, 4) is 5.69 Å². The number of aryl methyl sites for hydroxylation is 1. The molecule has 78 valence electrons. The third-order valence-corrected chi connectivity index (χ3v) is 3.17. The molecule has 0 saturated heterocycles. The predicted molar refractivity (Wildman–Crippen MR) is 66.0 cm³/mol. The fraction of sp³-hybridized carbons (Fsp3) is 0.100. The maximum atomic E-state index is 5.91. The van der Waals surface area contributed by atoms with Gasteiger partial charge in [0.2, 0.25) is 0 Å². The number of nitrogens with zero attached hydrogens (tertiary/aromatic N) is 2. The second kappa shape index (κ2) is 4.16. The highest BCUT2D eigenvalue weighted by Gasteiger charge is 2.05. The molecule has 1 aromatic carbocycles. The summed E-state index contributed by atoms with van der Waals surface area (Å²) in [6, 6.07) is 5.32. The fourth-order valence-corrected chi connectivity index (χ4v) is 2.03. The zero-order valence-corrected chi connectivity index (χ0v) is 10.9. The Hall–Kier alpha value is -0.510. The highest BCUT2D eigenvalue weighted by Crippen LogP contribution is 2.23. The van der Waals surface area contributed by atoms with Crippen molar-refractivity contribution in [1.82, 2.24) is 9.78 Å². The van der Waals surface area contributed by atoms with Crippen molar-refractivity contribution in [3.63, 3.8) is 0 Å². The summed E-state index contributed by atoms with van der Waals surface area (Å²) in [4.78, 5) is 0. The Balaban J connectivity index is 2.53. The van der Waals surface area contributed by atoms with Crippen molar-refractivity contribution < 1.29 is 0 Å². The van der Waals surface area contributed by atoms with Crippen LogP contribution in [-0.2, 0) is 0 Å². The first kappa shape index (κ1) is 11.0. The highest BCUT2D eigenvalue weighted by molar-refractivity contribution is 9.10. The van der Waals surface area contributed by atoms with E-state index in [0.29, 0.717) is 10.0 Å². The Bertz CT molecular complexity index is 468. The number of hydrogen-bond donors (Lipinski definition) is 0. The van der Waals surface area contributed by atoms with Crippen LogP contribution >= 0.6 is 39.1 Å². The zero-order valence-electron chi connectivity index (χ0n) is 7.84. The van der Waals surface area contributed by atoms with E-state index in [1.54, 1.807) is 10.7 Å². The molecule has 5 heteroatoms. The van der Waals surface area contributed by atoms with Gasteiger partial charge >= 0.3 is 0 Å². The van der Waals surface area contributed by atoms with Crippen molar-refractivity contribution in [2.24, 2.45) is 0 Å². The van der Waals surface area contributed by atoms with Crippen LogP contribution in [0.3, 0.4) is 0 Å². The molecule has 1 aromatic heterocycles. The lowest BCUT2D eigenvalue weighted by atomic mass is 10.3. The molecule has 2 rings (SSSR count). The lowest BCUT2D eigenvalue weighted by molar-refractivity contribution is 0.863. The number of hydrogen-bond acceptors (Lipinski definition) is 1. The minimum atomic E-state index is 0.599. The van der Waals surface area contributed by atoms with E-state index < -0.39 is 0 Å². The largest absolute Gasteiger partial charge is 0.239 e. The van der Waals surface area contributed by atoms with Gasteiger partial charge in [-0.15, -0.1) is 0 Å². The first-order valence-corrected chi connectivity index (χ1v) is 5.79. The molecule has 0 aliphatic heterocycles. The molecule has 15 heavy (non-hydrogen) atoms. The molecule has 0 atom stereocenters. The van der Waals surface area contributed by atoms with Crippen LogP contribution in [0.5, 0.6) is 0 Å². The van der Waals surface area contributed by atoms with E-state index in [2.05, 4.69) is 21.0 Å². The maximum absolute atomic E-state index is 5.91. The summed E-state index contributed by atoms with van der Waals surface area (Å²) in [7, 11) is 0. The van der Waals surface area contributed by atoms with Gasteiger partial charge in [0.05, 0.1) is 15.9 Å². The molecule has 0 amide bonds. The molecule has 0 saturated carbocycles. The summed E-state index contributed by atoms with van der Waals surface area (Å²) in [5, 5.41) is 5.51. The third-order valence-electron chi connectivity index (χ3n) is 1.95. The molecule has 0 aliphatic carbocycles. The molecule has 0 bridgehead atoms. The number of benzene rings is 1. The lowest BCUT2D eigenvalue weighted by Gasteiger charge is -2.02. The summed E-state index contributed by atoms with van der Waals surface area (Å²) < 4.78 is 2.69. The Kier molecular flexibility index (Phi) is 3.05. The van der Waals surface area contributed by atoms with Crippen LogP contribution in [0.15, 0.2) is 28.9 Å². The molecule has 1 heterocycles. The quantitative estimate of drug-likeness (QED) is 0.770. The van der Waals surface area contributed by atoms with E-state index in [1.807, 2.05) is 25.3 Å². The fourth-order valence-electron chi connectivity index (χ4n) is 1.24. The van der Waals surface area contributed by atoms with E-state index in [4.69, 9.17) is 23.2 Å². The average molecular weight is 306 g/mol. The smallest absolute Gasteiger partial charge is 0.0740 e. The monoisotopic (exact) mass is 304 g/mol. The van der Waals surface area contributed by atoms with Crippen LogP contribution in [0.1, 0.15) is 5.69 Å². The minimum absolute atomic E-state index is 0.599. The van der Waals surface area contributed by atoms with Crippen molar-refractivity contribution in [2.75, 3.05) is 0 Å². The van der Waals surface area contributed by atoms with Crippen LogP contribution in [0, 0.1) is 6.92 Å². The zero-order chi connectivity index (χ0) is 11.0. The lowest BCUT2D eigenvalue weighted by Crippen LogP contribution is -1.94. The van der Waals surface area contributed by atoms with E-state index in [0.717, 1.165) is 15.9 Å². The van der Waals surface area contributed by atoms with Crippen LogP contribution in [0.4, 0.5) is 0 Å². The van der Waals surface area contributed by atoms with Gasteiger partial charge in [-0.2, -0.15) is 5.10 Å². The van der Waals surface area contributed by atoms with Gasteiger partial charge in [0.25, 0.3) is 0 Å². The van der Waals surface area contributed by atoms with E-state index >= 15 is 0 Å². The van der Waals surface area contributed by atoms with E-state index in [-0.39, 0.29) is 0 Å². The first-order chi connectivity index (χ1) is 7.06. The molecule has 0 spiro atoms. The van der Waals surface area contributed by atoms with Gasteiger partial charge in [0, 0.05) is 16.2 Å². The normalized spacial score (nSPS) is 10.7. The van der Waals surface area contributed by atoms with Gasteiger partial charge in [-0.1, -0.05) is 23.2 Å². The summed E-state index contributed by atoms with van der Waals surface area (Å²) in [5.74, 6) is 0. The summed E-state index contributed by atoms with van der Waals surface area (Å²) in [6.45, 7) is 1.92. The number of aromatic nitrogens is 2. The van der Waals surface area contributed by atoms with Gasteiger partial charge in [0.1, 0.15) is 0 Å². The Labute approximate surface area is 106 Å². The van der Waals surface area contributed by atoms with Crippen LogP contribution < -0.4 is 0 Å². The van der Waals surface area contributed by atoms with Crippen LogP contribution in [0.25, 0.3) is 5.69 Å². The maximum Gasteiger partial charge on any atom is 0.0740 e. The second-order valence-corrected chi connectivity index (χ2v) is 4.86. The first-order valence-electron chi connectivity index (χ1n) is 4.24. The molecule has 2 nitrogen and oxygen atoms in total. The number of rotatable bonds is 1. The molecule has 2 aromatic rings. The summed E-state index contributed by atoms with van der Waals surface area (Å²) in [6.07, 6.45) is 1.87. The summed E-state index contributed by atoms with van der Waals surface area (Å²) >= 11 is 15.2. The van der Waals surface area contributed by atoms with Crippen molar-refractivity contribution >= 4 is 39.1 Å². The average Bonchev–Trinajstić information content (AvgIpc) is 2.45. The van der Waals surface area contributed by atoms with Gasteiger partial charge in [-0.3, -0.25) is 0 Å². The molecule has 0 fully saturated rings. The van der Waals surface area contributed by atoms with Gasteiger partial charge in [-0.25, -0.2) is 4.68 Å². The van der Waals surface area contributed by atoms with E-state index in [9.17, 15) is 0 Å². The summed E-state index contributed by atoms with van der Waals surface area (Å²) in [5.41, 5.74) is 1.77. The van der Waals surface area contributed by atoms with Gasteiger partial charge < -0.3 is 0 Å². The van der Waals surface area contributed by atoms with Crippen LogP contribution in [0.2, 0.25) is 10.0 Å². The van der Waals surface area contributed by atoms with Crippen LogP contribution in [-0.4, -0.2) is 9.78 Å². The Morgan fingerprint density at radius 1 is 1.20 bits per heavy atom. The van der Waals surface area contributed by atoms with Crippen molar-refractivity contribution in [1.29, 1.82) is 0 Å². The Morgan fingerprint density at radius 2 is 1.80 bits per heavy atom. The van der Waals surface area contributed by atoms with Crippen molar-refractivity contribution in [2.45, 2.75) is 6.92 Å². The third kappa shape index (κ3) is 2.36. The molecule has 0 radical (unpaired) electrons. The van der Waals surface area contributed by atoms with E-state index in [1.165, 1.54) is 0 Å². The topological polar surface area (TPSA) is 17.8 Å². The highest BCUT2D eigenvalue weighted by atomic mass is 79.9. The molecule has 0 unspecified atom stereocenters. The van der Waals surface area contributed by atoms with Gasteiger partial charge in [0.15, 0.2) is 0 Å². The second-order valence-electron chi connectivity index (χ2n) is 3.13. The predicted octanol–water partition coefficient (Wildman–Crippen LogP) is 4.25. The van der Waals surface area contributed by atoms with Crippen molar-refractivity contribution in [3.05, 3.63) is 44.6 Å². The van der Waals surface area contributed by atoms with Gasteiger partial charge in [-0.05, 0) is 41.1 Å². The molecular weight excluding hydrogens is 299 g/mol. The molecular formula is C10H7BrCl2N2. The minimum Gasteiger partial charge on any atom is -0.239 e. The SMILES string of the molecule is Cc1nn(-c2cc(Cl)cc(Cl)c2)cc1Br. The molecule has 0 N–H and O–H groups in total. The molecule has 0 aliphatic rings. The Morgan fingerprint density at radius 3 is 2.27 bits per heavy atom. The standard InChI is InChI=1S/C10H7BrCl2N2/c1-6-10(11)5-15(14-6)9-3-7(12)2-8(13)4-9/h2-5H,1H3.